The molecule has 2 fully saturated rings. The Labute approximate surface area is 188 Å². The number of Topliss-reactive ketones (excluding diaryl/α,β-unsaturated/α-hetero) is 1. The molecule has 2 heterocycles. The Morgan fingerprint density at radius 2 is 2.00 bits per heavy atom. The maximum atomic E-state index is 13.7. The lowest BCUT2D eigenvalue weighted by Crippen LogP contribution is -2.54. The number of nitrogens with zero attached hydrogens (tertiary/aromatic N) is 1. The molecule has 10 atom stereocenters. The SMILES string of the molecule is CC[C@H]1OC(=O)[C@@H](OC)C[C@H]2C=C[C@H]3[C@H]4O[C@]2(C(C)=C[C@H]1C)[C@@H]3C(=O)C(C)[C@H]4C[N+](=O)[O-]. The van der Waals surface area contributed by atoms with Crippen LogP contribution in [0.15, 0.2) is 23.8 Å². The van der Waals surface area contributed by atoms with Crippen molar-refractivity contribution in [2.45, 2.75) is 64.4 Å². The summed E-state index contributed by atoms with van der Waals surface area (Å²) in [5.74, 6) is -2.29. The molecule has 32 heavy (non-hydrogen) atoms. The van der Waals surface area contributed by atoms with Crippen LogP contribution in [0, 0.1) is 45.6 Å². The first-order valence-corrected chi connectivity index (χ1v) is 11.6. The molecule has 176 valence electrons. The van der Waals surface area contributed by atoms with Crippen LogP contribution in [0.3, 0.4) is 0 Å². The minimum absolute atomic E-state index is 0.0194. The highest BCUT2D eigenvalue weighted by molar-refractivity contribution is 5.88. The third kappa shape index (κ3) is 3.34. The molecular formula is C24H33NO7. The van der Waals surface area contributed by atoms with E-state index >= 15 is 0 Å². The smallest absolute Gasteiger partial charge is 0.335 e. The van der Waals surface area contributed by atoms with E-state index in [4.69, 9.17) is 14.2 Å². The molecule has 1 unspecified atom stereocenters. The van der Waals surface area contributed by atoms with Crippen LogP contribution in [-0.4, -0.2) is 54.2 Å². The highest BCUT2D eigenvalue weighted by Crippen LogP contribution is 2.60. The van der Waals surface area contributed by atoms with Gasteiger partial charge in [-0.05, 0) is 25.3 Å². The predicted octanol–water partition coefficient (Wildman–Crippen LogP) is 2.98. The number of cyclic esters (lactones) is 1. The summed E-state index contributed by atoms with van der Waals surface area (Å²) >= 11 is 0. The summed E-state index contributed by atoms with van der Waals surface area (Å²) in [5, 5.41) is 11.4. The second-order valence-corrected chi connectivity index (χ2v) is 9.84. The molecule has 4 bridgehead atoms. The topological polar surface area (TPSA) is 105 Å². The Kier molecular flexibility index (Phi) is 6.05. The highest BCUT2D eigenvalue weighted by atomic mass is 16.6. The summed E-state index contributed by atoms with van der Waals surface area (Å²) in [6, 6.07) is 0. The standard InChI is InChI=1S/C24H33NO7/c1-6-18-12(2)9-13(3)24-15(10-19(30-5)23(27)31-18)7-8-16-20(24)21(26)14(4)17(11-25(28)29)22(16)32-24/h7-9,12,14-20,22H,6,10-11H2,1-5H3/t12-,14?,15-,16-,17-,18-,19+,20+,22-,24+/m1/s1. The largest absolute Gasteiger partial charge is 0.460 e. The first-order valence-electron chi connectivity index (χ1n) is 11.6. The maximum Gasteiger partial charge on any atom is 0.335 e. The third-order valence-corrected chi connectivity index (χ3v) is 8.25. The van der Waals surface area contributed by atoms with Gasteiger partial charge in [-0.2, -0.15) is 0 Å². The number of carbonyl (C=O) groups is 2. The molecule has 2 aliphatic carbocycles. The van der Waals surface area contributed by atoms with Gasteiger partial charge in [0.05, 0.1) is 17.9 Å². The Bertz CT molecular complexity index is 866. The van der Waals surface area contributed by atoms with Gasteiger partial charge in [0.1, 0.15) is 17.5 Å². The summed E-state index contributed by atoms with van der Waals surface area (Å²) in [5.41, 5.74) is 0.00672. The number of ketones is 1. The van der Waals surface area contributed by atoms with Crippen LogP contribution in [-0.2, 0) is 23.8 Å². The van der Waals surface area contributed by atoms with Crippen molar-refractivity contribution < 1.29 is 28.7 Å². The summed E-state index contributed by atoms with van der Waals surface area (Å²) in [6.45, 7) is 7.45. The molecule has 8 heteroatoms. The maximum absolute atomic E-state index is 13.7. The van der Waals surface area contributed by atoms with E-state index in [1.807, 2.05) is 32.9 Å². The molecule has 0 aromatic rings. The number of carbonyl (C=O) groups excluding carboxylic acids is 2. The lowest BCUT2D eigenvalue weighted by molar-refractivity contribution is -0.492. The van der Waals surface area contributed by atoms with Crippen LogP contribution >= 0.6 is 0 Å². The summed E-state index contributed by atoms with van der Waals surface area (Å²) in [4.78, 5) is 37.6. The number of methoxy groups -OCH3 is 1. The van der Waals surface area contributed by atoms with Crippen LogP contribution in [0.5, 0.6) is 0 Å². The molecule has 1 saturated heterocycles. The minimum atomic E-state index is -0.929. The van der Waals surface area contributed by atoms with Crippen molar-refractivity contribution in [3.63, 3.8) is 0 Å². The van der Waals surface area contributed by atoms with Crippen LogP contribution in [0.4, 0.5) is 0 Å². The number of hydrogen-bond donors (Lipinski definition) is 0. The molecule has 0 amide bonds. The summed E-state index contributed by atoms with van der Waals surface area (Å²) < 4.78 is 18.1. The number of esters is 1. The summed E-state index contributed by atoms with van der Waals surface area (Å²) in [7, 11) is 1.49. The van der Waals surface area contributed by atoms with E-state index in [0.29, 0.717) is 12.8 Å². The fourth-order valence-electron chi connectivity index (χ4n) is 6.61. The average Bonchev–Trinajstić information content (AvgIpc) is 2.94. The lowest BCUT2D eigenvalue weighted by Gasteiger charge is -2.45. The number of ether oxygens (including phenoxy) is 3. The van der Waals surface area contributed by atoms with Gasteiger partial charge in [0.25, 0.3) is 0 Å². The van der Waals surface area contributed by atoms with Gasteiger partial charge in [-0.25, -0.2) is 4.79 Å². The van der Waals surface area contributed by atoms with E-state index in [9.17, 15) is 19.7 Å². The number of nitro groups is 1. The Morgan fingerprint density at radius 1 is 1.28 bits per heavy atom. The van der Waals surface area contributed by atoms with Crippen molar-refractivity contribution >= 4 is 11.8 Å². The fourth-order valence-corrected chi connectivity index (χ4v) is 6.61. The molecule has 0 aromatic carbocycles. The molecule has 4 rings (SSSR count). The first-order chi connectivity index (χ1) is 15.1. The number of hydrogen-bond acceptors (Lipinski definition) is 7. The molecule has 1 spiro atoms. The molecule has 0 radical (unpaired) electrons. The van der Waals surface area contributed by atoms with Gasteiger partial charge in [0.15, 0.2) is 6.10 Å². The zero-order valence-electron chi connectivity index (χ0n) is 19.4. The monoisotopic (exact) mass is 447 g/mol. The molecule has 2 aliphatic heterocycles. The molecule has 0 N–H and O–H groups in total. The second-order valence-electron chi connectivity index (χ2n) is 9.84. The Balaban J connectivity index is 1.85. The predicted molar refractivity (Wildman–Crippen MR) is 115 cm³/mol. The molecular weight excluding hydrogens is 414 g/mol. The highest BCUT2D eigenvalue weighted by Gasteiger charge is 2.68. The molecule has 1 saturated carbocycles. The normalized spacial score (nSPS) is 45.7. The molecule has 8 nitrogen and oxygen atoms in total. The second kappa shape index (κ2) is 8.37. The van der Waals surface area contributed by atoms with Gasteiger partial charge >= 0.3 is 5.97 Å². The van der Waals surface area contributed by atoms with E-state index in [1.54, 1.807) is 6.92 Å². The van der Waals surface area contributed by atoms with Crippen LogP contribution in [0.25, 0.3) is 0 Å². The van der Waals surface area contributed by atoms with E-state index < -0.39 is 41.5 Å². The fraction of sp³-hybridized carbons (Fsp3) is 0.750. The van der Waals surface area contributed by atoms with Gasteiger partial charge in [0.2, 0.25) is 6.54 Å². The zero-order chi connectivity index (χ0) is 23.4. The summed E-state index contributed by atoms with van der Waals surface area (Å²) in [6.07, 6.45) is 5.55. The Hall–Kier alpha value is -2.06. The van der Waals surface area contributed by atoms with Crippen molar-refractivity contribution in [2.75, 3.05) is 13.7 Å². The third-order valence-electron chi connectivity index (χ3n) is 8.25. The Morgan fingerprint density at radius 3 is 2.62 bits per heavy atom. The van der Waals surface area contributed by atoms with Crippen molar-refractivity contribution in [1.29, 1.82) is 0 Å². The van der Waals surface area contributed by atoms with Gasteiger partial charge in [0, 0.05) is 35.7 Å². The first kappa shape index (κ1) is 23.1. The van der Waals surface area contributed by atoms with Crippen LogP contribution < -0.4 is 0 Å². The van der Waals surface area contributed by atoms with Gasteiger partial charge in [-0.1, -0.05) is 39.0 Å². The number of rotatable bonds is 4. The van der Waals surface area contributed by atoms with Gasteiger partial charge < -0.3 is 14.2 Å². The van der Waals surface area contributed by atoms with E-state index in [1.165, 1.54) is 7.11 Å². The van der Waals surface area contributed by atoms with Crippen molar-refractivity contribution in [3.05, 3.63) is 33.9 Å². The zero-order valence-corrected chi connectivity index (χ0v) is 19.4. The van der Waals surface area contributed by atoms with Gasteiger partial charge in [-0.15, -0.1) is 0 Å². The van der Waals surface area contributed by atoms with Crippen molar-refractivity contribution in [3.8, 4) is 0 Å². The van der Waals surface area contributed by atoms with E-state index in [2.05, 4.69) is 6.08 Å². The van der Waals surface area contributed by atoms with Crippen LogP contribution in [0.2, 0.25) is 0 Å². The molecule has 0 aromatic heterocycles. The van der Waals surface area contributed by atoms with Crippen LogP contribution in [0.1, 0.15) is 40.5 Å². The quantitative estimate of drug-likeness (QED) is 0.282. The van der Waals surface area contributed by atoms with E-state index in [0.717, 1.165) is 5.57 Å². The molecule has 4 aliphatic rings. The van der Waals surface area contributed by atoms with E-state index in [-0.39, 0.29) is 41.1 Å². The van der Waals surface area contributed by atoms with Gasteiger partial charge in [-0.3, -0.25) is 14.9 Å². The average molecular weight is 448 g/mol. The van der Waals surface area contributed by atoms with Crippen molar-refractivity contribution in [1.82, 2.24) is 0 Å². The lowest BCUT2D eigenvalue weighted by atomic mass is 9.56. The van der Waals surface area contributed by atoms with Crippen molar-refractivity contribution in [2.24, 2.45) is 35.5 Å². The minimum Gasteiger partial charge on any atom is -0.460 e.